The molecule has 25 heavy (non-hydrogen) atoms. The number of alkyl halides is 4. The fourth-order valence-electron chi connectivity index (χ4n) is 4.97. The number of halogens is 4. The van der Waals surface area contributed by atoms with Crippen molar-refractivity contribution in [1.29, 1.82) is 0 Å². The third kappa shape index (κ3) is 4.49. The van der Waals surface area contributed by atoms with Gasteiger partial charge in [0.15, 0.2) is 0 Å². The summed E-state index contributed by atoms with van der Waals surface area (Å²) >= 11 is 0. The van der Waals surface area contributed by atoms with Crippen molar-refractivity contribution in [3.8, 4) is 0 Å². The molecule has 1 saturated heterocycles. The zero-order valence-electron chi connectivity index (χ0n) is 16.2. The van der Waals surface area contributed by atoms with Crippen molar-refractivity contribution in [1.82, 2.24) is 4.90 Å². The maximum atomic E-state index is 14.1. The molecular formula is C19H33F4NO. The van der Waals surface area contributed by atoms with Crippen LogP contribution in [0.25, 0.3) is 0 Å². The van der Waals surface area contributed by atoms with Crippen molar-refractivity contribution in [3.63, 3.8) is 0 Å². The van der Waals surface area contributed by atoms with Crippen LogP contribution in [0.2, 0.25) is 0 Å². The van der Waals surface area contributed by atoms with E-state index < -0.39 is 31.0 Å². The number of ether oxygens (including phenoxy) is 1. The molecule has 0 amide bonds. The Labute approximate surface area is 149 Å². The molecule has 148 valence electrons. The van der Waals surface area contributed by atoms with E-state index in [1.165, 1.54) is 0 Å². The highest BCUT2D eigenvalue weighted by atomic mass is 19.3. The maximum Gasteiger partial charge on any atom is 0.252 e. The lowest BCUT2D eigenvalue weighted by Gasteiger charge is -2.44. The zero-order valence-corrected chi connectivity index (χ0v) is 16.2. The summed E-state index contributed by atoms with van der Waals surface area (Å²) < 4.78 is 61.2. The Balaban J connectivity index is 2.50. The molecule has 5 unspecified atom stereocenters. The van der Waals surface area contributed by atoms with Gasteiger partial charge in [-0.05, 0) is 17.8 Å². The highest BCUT2D eigenvalue weighted by Crippen LogP contribution is 2.47. The first kappa shape index (κ1) is 20.9. The van der Waals surface area contributed by atoms with Crippen LogP contribution in [-0.2, 0) is 4.74 Å². The molecule has 2 fully saturated rings. The summed E-state index contributed by atoms with van der Waals surface area (Å²) in [5.41, 5.74) is 0. The van der Waals surface area contributed by atoms with E-state index >= 15 is 0 Å². The Kier molecular flexibility index (Phi) is 6.46. The zero-order chi connectivity index (χ0) is 19.1. The minimum atomic E-state index is -2.84. The largest absolute Gasteiger partial charge is 0.372 e. The summed E-state index contributed by atoms with van der Waals surface area (Å²) in [4.78, 5) is 1.67. The predicted molar refractivity (Wildman–Crippen MR) is 91.1 cm³/mol. The Morgan fingerprint density at radius 3 is 2.00 bits per heavy atom. The van der Waals surface area contributed by atoms with Gasteiger partial charge in [-0.3, -0.25) is 4.90 Å². The van der Waals surface area contributed by atoms with E-state index in [1.807, 2.05) is 27.7 Å². The van der Waals surface area contributed by atoms with Gasteiger partial charge in [0.2, 0.25) is 0 Å². The Bertz CT molecular complexity index is 441. The van der Waals surface area contributed by atoms with Crippen molar-refractivity contribution in [2.24, 2.45) is 23.7 Å². The third-order valence-electron chi connectivity index (χ3n) is 5.81. The first-order valence-corrected chi connectivity index (χ1v) is 9.51. The summed E-state index contributed by atoms with van der Waals surface area (Å²) in [6.07, 6.45) is -4.17. The Morgan fingerprint density at radius 2 is 1.56 bits per heavy atom. The minimum Gasteiger partial charge on any atom is -0.372 e. The molecule has 6 heteroatoms. The summed E-state index contributed by atoms with van der Waals surface area (Å²) in [6, 6.07) is -0.827. The fraction of sp³-hybridized carbons (Fsp3) is 1.00. The quantitative estimate of drug-likeness (QED) is 0.629. The van der Waals surface area contributed by atoms with Gasteiger partial charge >= 0.3 is 0 Å². The molecule has 0 aromatic rings. The number of hydrogen-bond acceptors (Lipinski definition) is 2. The molecule has 0 spiro atoms. The van der Waals surface area contributed by atoms with Gasteiger partial charge in [0.1, 0.15) is 0 Å². The van der Waals surface area contributed by atoms with Crippen molar-refractivity contribution in [2.75, 3.05) is 6.54 Å². The second-order valence-electron chi connectivity index (χ2n) is 8.86. The minimum absolute atomic E-state index is 0.0398. The molecule has 1 heterocycles. The maximum absolute atomic E-state index is 14.1. The SMILES string of the molecule is CC(C)C1OC2CC(F)(F)CC2N(CC(F)F)C(C(C)C)C1C(C)C. The molecule has 0 radical (unpaired) electrons. The standard InChI is InChI=1S/C19H33F4NO/c1-10(2)16-17(11(3)4)24(9-15(20)21)13-7-19(22,23)8-14(13)25-18(16)12(5)6/h10-18H,7-9H2,1-6H3. The van der Waals surface area contributed by atoms with Crippen molar-refractivity contribution < 1.29 is 22.3 Å². The van der Waals surface area contributed by atoms with Gasteiger partial charge in [0.25, 0.3) is 12.3 Å². The van der Waals surface area contributed by atoms with E-state index in [-0.39, 0.29) is 48.7 Å². The van der Waals surface area contributed by atoms with Crippen molar-refractivity contribution in [3.05, 3.63) is 0 Å². The predicted octanol–water partition coefficient (Wildman–Crippen LogP) is 5.07. The van der Waals surface area contributed by atoms with E-state index in [0.717, 1.165) is 0 Å². The van der Waals surface area contributed by atoms with E-state index in [0.29, 0.717) is 0 Å². The molecule has 5 atom stereocenters. The molecule has 2 nitrogen and oxygen atoms in total. The molecule has 2 aliphatic rings. The van der Waals surface area contributed by atoms with Gasteiger partial charge in [-0.1, -0.05) is 41.5 Å². The van der Waals surface area contributed by atoms with Crippen LogP contribution in [0.3, 0.4) is 0 Å². The number of nitrogens with zero attached hydrogens (tertiary/aromatic N) is 1. The monoisotopic (exact) mass is 367 g/mol. The fourth-order valence-corrected chi connectivity index (χ4v) is 4.97. The second kappa shape index (κ2) is 7.71. The highest BCUT2D eigenvalue weighted by molar-refractivity contribution is 5.04. The van der Waals surface area contributed by atoms with Crippen molar-refractivity contribution >= 4 is 0 Å². The van der Waals surface area contributed by atoms with Crippen LogP contribution >= 0.6 is 0 Å². The highest BCUT2D eigenvalue weighted by Gasteiger charge is 2.56. The van der Waals surface area contributed by atoms with Crippen LogP contribution in [0.4, 0.5) is 17.6 Å². The molecule has 1 aliphatic carbocycles. The van der Waals surface area contributed by atoms with Crippen molar-refractivity contribution in [2.45, 2.75) is 91.0 Å². The lowest BCUT2D eigenvalue weighted by atomic mass is 9.75. The first-order chi connectivity index (χ1) is 11.4. The smallest absolute Gasteiger partial charge is 0.252 e. The molecule has 2 rings (SSSR count). The van der Waals surface area contributed by atoms with Gasteiger partial charge < -0.3 is 4.74 Å². The molecule has 0 aromatic heterocycles. The summed E-state index contributed by atoms with van der Waals surface area (Å²) in [7, 11) is 0. The topological polar surface area (TPSA) is 12.5 Å². The number of fused-ring (bicyclic) bond motifs is 1. The van der Waals surface area contributed by atoms with Gasteiger partial charge in [0.05, 0.1) is 18.8 Å². The van der Waals surface area contributed by atoms with Gasteiger partial charge in [-0.15, -0.1) is 0 Å². The van der Waals surface area contributed by atoms with Crippen LogP contribution in [-0.4, -0.2) is 48.1 Å². The van der Waals surface area contributed by atoms with E-state index in [4.69, 9.17) is 4.74 Å². The molecule has 0 bridgehead atoms. The lowest BCUT2D eigenvalue weighted by Crippen LogP contribution is -2.54. The average molecular weight is 367 g/mol. The van der Waals surface area contributed by atoms with E-state index in [1.54, 1.807) is 4.90 Å². The summed E-state index contributed by atoms with van der Waals surface area (Å²) in [5, 5.41) is 0. The van der Waals surface area contributed by atoms with Crippen LogP contribution in [0.15, 0.2) is 0 Å². The normalized spacial score (nSPS) is 36.5. The first-order valence-electron chi connectivity index (χ1n) is 9.51. The van der Waals surface area contributed by atoms with Crippen LogP contribution in [0.5, 0.6) is 0 Å². The summed E-state index contributed by atoms with van der Waals surface area (Å²) in [6.45, 7) is 11.8. The van der Waals surface area contributed by atoms with Crippen LogP contribution in [0, 0.1) is 23.7 Å². The Morgan fingerprint density at radius 1 is 0.960 bits per heavy atom. The van der Waals surface area contributed by atoms with Crippen LogP contribution in [0.1, 0.15) is 54.4 Å². The van der Waals surface area contributed by atoms with Crippen LogP contribution < -0.4 is 0 Å². The molecule has 1 saturated carbocycles. The third-order valence-corrected chi connectivity index (χ3v) is 5.81. The molecule has 1 aliphatic heterocycles. The average Bonchev–Trinajstić information content (AvgIpc) is 2.67. The molecular weight excluding hydrogens is 334 g/mol. The molecule has 0 N–H and O–H groups in total. The number of hydrogen-bond donors (Lipinski definition) is 0. The van der Waals surface area contributed by atoms with E-state index in [9.17, 15) is 17.6 Å². The molecule has 0 aromatic carbocycles. The van der Waals surface area contributed by atoms with Gasteiger partial charge in [0, 0.05) is 30.8 Å². The second-order valence-corrected chi connectivity index (χ2v) is 8.86. The van der Waals surface area contributed by atoms with Gasteiger partial charge in [-0.2, -0.15) is 0 Å². The lowest BCUT2D eigenvalue weighted by molar-refractivity contribution is -0.0867. The van der Waals surface area contributed by atoms with Gasteiger partial charge in [-0.25, -0.2) is 17.6 Å². The summed E-state index contributed by atoms with van der Waals surface area (Å²) in [5.74, 6) is -2.35. The van der Waals surface area contributed by atoms with E-state index in [2.05, 4.69) is 13.8 Å². The number of rotatable bonds is 5. The Hall–Kier alpha value is -0.360.